The van der Waals surface area contributed by atoms with E-state index in [1.165, 1.54) is 0 Å². The van der Waals surface area contributed by atoms with Crippen molar-refractivity contribution in [2.24, 2.45) is 11.8 Å². The normalized spacial score (nSPS) is 44.1. The molecule has 0 aromatic heterocycles. The first-order valence-electron chi connectivity index (χ1n) is 5.83. The van der Waals surface area contributed by atoms with E-state index in [0.717, 1.165) is 32.3 Å². The molecule has 2 aliphatic heterocycles. The number of esters is 1. The summed E-state index contributed by atoms with van der Waals surface area (Å²) in [5, 5.41) is 0. The molecule has 1 aliphatic carbocycles. The van der Waals surface area contributed by atoms with Crippen LogP contribution < -0.4 is 0 Å². The van der Waals surface area contributed by atoms with E-state index >= 15 is 0 Å². The molecular formula is C12H16O3. The summed E-state index contributed by atoms with van der Waals surface area (Å²) in [5.41, 5.74) is 0. The monoisotopic (exact) mass is 208 g/mol. The van der Waals surface area contributed by atoms with E-state index in [1.54, 1.807) is 0 Å². The summed E-state index contributed by atoms with van der Waals surface area (Å²) in [6.45, 7) is 0.721. The largest absolute Gasteiger partial charge is 0.433 e. The minimum Gasteiger partial charge on any atom is -0.433 e. The molecule has 0 unspecified atom stereocenters. The summed E-state index contributed by atoms with van der Waals surface area (Å²) in [5.74, 6) is 0.288. The first-order valence-corrected chi connectivity index (χ1v) is 5.83. The molecule has 3 aliphatic rings. The molecule has 3 nitrogen and oxygen atoms in total. The van der Waals surface area contributed by atoms with Gasteiger partial charge >= 0.3 is 5.97 Å². The van der Waals surface area contributed by atoms with E-state index in [-0.39, 0.29) is 5.97 Å². The van der Waals surface area contributed by atoms with Crippen LogP contribution in [-0.4, -0.2) is 18.4 Å². The van der Waals surface area contributed by atoms with Crippen molar-refractivity contribution in [1.82, 2.24) is 0 Å². The molecule has 0 aromatic carbocycles. The minimum absolute atomic E-state index is 0.0924. The van der Waals surface area contributed by atoms with Crippen LogP contribution in [-0.2, 0) is 14.3 Å². The summed E-state index contributed by atoms with van der Waals surface area (Å²) < 4.78 is 11.3. The van der Waals surface area contributed by atoms with Gasteiger partial charge in [-0.3, -0.25) is 4.79 Å². The van der Waals surface area contributed by atoms with Gasteiger partial charge in [-0.05, 0) is 25.2 Å². The van der Waals surface area contributed by atoms with Gasteiger partial charge in [0.1, 0.15) is 0 Å². The fraction of sp³-hybridized carbons (Fsp3) is 0.750. The molecule has 3 atom stereocenters. The van der Waals surface area contributed by atoms with Crippen LogP contribution >= 0.6 is 0 Å². The van der Waals surface area contributed by atoms with Gasteiger partial charge in [0.15, 0.2) is 0 Å². The molecule has 2 heterocycles. The van der Waals surface area contributed by atoms with E-state index in [2.05, 4.69) is 12.2 Å². The molecular weight excluding hydrogens is 192 g/mol. The molecule has 0 radical (unpaired) electrons. The first-order chi connectivity index (χ1) is 7.30. The maximum Gasteiger partial charge on any atom is 0.308 e. The second-order valence-corrected chi connectivity index (χ2v) is 4.70. The smallest absolute Gasteiger partial charge is 0.308 e. The van der Waals surface area contributed by atoms with Crippen molar-refractivity contribution in [2.75, 3.05) is 6.61 Å². The molecule has 82 valence electrons. The van der Waals surface area contributed by atoms with Gasteiger partial charge in [0.05, 0.1) is 13.0 Å². The molecule has 0 saturated carbocycles. The van der Waals surface area contributed by atoms with E-state index in [1.807, 2.05) is 0 Å². The SMILES string of the molecule is O=C1CC[C@]2(OCC[C@H]3C=CCC[C@H]32)O1. The molecule has 3 rings (SSSR count). The molecule has 0 amide bonds. The molecule has 2 saturated heterocycles. The van der Waals surface area contributed by atoms with Crippen molar-refractivity contribution in [3.63, 3.8) is 0 Å². The van der Waals surface area contributed by atoms with Gasteiger partial charge in [-0.2, -0.15) is 0 Å². The van der Waals surface area contributed by atoms with Crippen molar-refractivity contribution < 1.29 is 14.3 Å². The number of allylic oxidation sites excluding steroid dienone is 2. The zero-order chi connectivity index (χ0) is 10.3. The summed E-state index contributed by atoms with van der Waals surface area (Å²) in [6.07, 6.45) is 9.05. The second-order valence-electron chi connectivity index (χ2n) is 4.70. The lowest BCUT2D eigenvalue weighted by Crippen LogP contribution is -2.48. The fourth-order valence-corrected chi connectivity index (χ4v) is 3.15. The highest BCUT2D eigenvalue weighted by Gasteiger charge is 2.52. The highest BCUT2D eigenvalue weighted by atomic mass is 16.7. The molecule has 15 heavy (non-hydrogen) atoms. The average molecular weight is 208 g/mol. The number of carbonyl (C=O) groups excluding carboxylic acids is 1. The van der Waals surface area contributed by atoms with Gasteiger partial charge in [-0.15, -0.1) is 0 Å². The van der Waals surface area contributed by atoms with Gasteiger partial charge in [-0.25, -0.2) is 0 Å². The number of carbonyl (C=O) groups is 1. The van der Waals surface area contributed by atoms with Crippen LogP contribution in [0.5, 0.6) is 0 Å². The van der Waals surface area contributed by atoms with E-state index < -0.39 is 5.79 Å². The van der Waals surface area contributed by atoms with Crippen molar-refractivity contribution in [3.05, 3.63) is 12.2 Å². The molecule has 3 heteroatoms. The van der Waals surface area contributed by atoms with Crippen LogP contribution in [0.1, 0.15) is 32.1 Å². The van der Waals surface area contributed by atoms with Gasteiger partial charge in [-0.1, -0.05) is 12.2 Å². The molecule has 0 N–H and O–H groups in total. The lowest BCUT2D eigenvalue weighted by molar-refractivity contribution is -0.264. The van der Waals surface area contributed by atoms with Crippen molar-refractivity contribution in [2.45, 2.75) is 37.9 Å². The zero-order valence-corrected chi connectivity index (χ0v) is 8.78. The Morgan fingerprint density at radius 2 is 2.33 bits per heavy atom. The standard InChI is InChI=1S/C12H16O3/c13-11-5-7-12(15-11)10-4-2-1-3-9(10)6-8-14-12/h1,3,9-10H,2,4-8H2/t9-,10-,12+/m1/s1. The predicted octanol–water partition coefficient (Wildman–Crippen LogP) is 2.02. The molecule has 1 spiro atoms. The van der Waals surface area contributed by atoms with Crippen LogP contribution in [0.15, 0.2) is 12.2 Å². The Balaban J connectivity index is 1.88. The summed E-state index contributed by atoms with van der Waals surface area (Å²) in [4.78, 5) is 11.3. The van der Waals surface area contributed by atoms with E-state index in [0.29, 0.717) is 18.3 Å². The third-order valence-corrected chi connectivity index (χ3v) is 3.87. The highest BCUT2D eigenvalue weighted by Crippen LogP contribution is 2.47. The number of hydrogen-bond acceptors (Lipinski definition) is 3. The Morgan fingerprint density at radius 1 is 1.40 bits per heavy atom. The number of rotatable bonds is 0. The van der Waals surface area contributed by atoms with Crippen LogP contribution in [0.25, 0.3) is 0 Å². The lowest BCUT2D eigenvalue weighted by Gasteiger charge is -2.44. The second kappa shape index (κ2) is 3.34. The molecule has 0 aromatic rings. The number of fused-ring (bicyclic) bond motifs is 2. The van der Waals surface area contributed by atoms with Gasteiger partial charge in [0, 0.05) is 12.3 Å². The predicted molar refractivity (Wildman–Crippen MR) is 54.0 cm³/mol. The molecule has 2 fully saturated rings. The van der Waals surface area contributed by atoms with Gasteiger partial charge < -0.3 is 9.47 Å². The van der Waals surface area contributed by atoms with Crippen LogP contribution in [0, 0.1) is 11.8 Å². The van der Waals surface area contributed by atoms with Gasteiger partial charge in [0.2, 0.25) is 5.79 Å². The third kappa shape index (κ3) is 1.41. The number of ether oxygens (including phenoxy) is 2. The van der Waals surface area contributed by atoms with Crippen LogP contribution in [0.4, 0.5) is 0 Å². The summed E-state index contributed by atoms with van der Waals surface area (Å²) in [7, 11) is 0. The lowest BCUT2D eigenvalue weighted by atomic mass is 9.74. The number of hydrogen-bond donors (Lipinski definition) is 0. The third-order valence-electron chi connectivity index (χ3n) is 3.87. The van der Waals surface area contributed by atoms with Crippen LogP contribution in [0.3, 0.4) is 0 Å². The van der Waals surface area contributed by atoms with Crippen LogP contribution in [0.2, 0.25) is 0 Å². The van der Waals surface area contributed by atoms with Crippen molar-refractivity contribution in [3.8, 4) is 0 Å². The molecule has 0 bridgehead atoms. The topological polar surface area (TPSA) is 35.5 Å². The first kappa shape index (κ1) is 9.40. The van der Waals surface area contributed by atoms with Crippen molar-refractivity contribution in [1.29, 1.82) is 0 Å². The Morgan fingerprint density at radius 3 is 3.13 bits per heavy atom. The summed E-state index contributed by atoms with van der Waals surface area (Å²) >= 11 is 0. The van der Waals surface area contributed by atoms with E-state index in [4.69, 9.17) is 9.47 Å². The van der Waals surface area contributed by atoms with E-state index in [9.17, 15) is 4.79 Å². The average Bonchev–Trinajstić information content (AvgIpc) is 2.62. The zero-order valence-electron chi connectivity index (χ0n) is 8.78. The highest BCUT2D eigenvalue weighted by molar-refractivity contribution is 5.72. The fourth-order valence-electron chi connectivity index (χ4n) is 3.15. The van der Waals surface area contributed by atoms with Gasteiger partial charge in [0.25, 0.3) is 0 Å². The Bertz CT molecular complexity index is 310. The quantitative estimate of drug-likeness (QED) is 0.451. The maximum atomic E-state index is 11.3. The Hall–Kier alpha value is -0.830. The Labute approximate surface area is 89.4 Å². The maximum absolute atomic E-state index is 11.3. The summed E-state index contributed by atoms with van der Waals surface area (Å²) in [6, 6.07) is 0. The minimum atomic E-state index is -0.565. The Kier molecular flexibility index (Phi) is 2.09. The van der Waals surface area contributed by atoms with Crippen molar-refractivity contribution >= 4 is 5.97 Å².